The predicted molar refractivity (Wildman–Crippen MR) is 34.1 cm³/mol. The van der Waals surface area contributed by atoms with Crippen LogP contribution in [0.4, 0.5) is 0 Å². The third-order valence-corrected chi connectivity index (χ3v) is 0.982. The maximum atomic E-state index is 8.81. The predicted octanol–water partition coefficient (Wildman–Crippen LogP) is -0.954. The smallest absolute Gasteiger partial charge is 0.203 e. The van der Waals surface area contributed by atoms with Gasteiger partial charge in [0.25, 0.3) is 0 Å². The Hall–Kier alpha value is -0.985. The molecular formula is C5H6BNO. The first-order chi connectivity index (χ1) is 3.80. The van der Waals surface area contributed by atoms with Crippen LogP contribution in [-0.2, 0) is 0 Å². The molecule has 2 nitrogen and oxygen atoms in total. The Bertz CT molecular complexity index is 169. The summed E-state index contributed by atoms with van der Waals surface area (Å²) in [5.41, 5.74) is 0.813. The van der Waals surface area contributed by atoms with E-state index in [0.29, 0.717) is 0 Å². The van der Waals surface area contributed by atoms with Crippen molar-refractivity contribution in [3.05, 3.63) is 18.3 Å². The molecule has 0 aliphatic rings. The number of hydrogen-bond acceptors (Lipinski definition) is 2. The number of pyridine rings is 1. The van der Waals surface area contributed by atoms with Crippen LogP contribution in [0.5, 0.6) is 5.88 Å². The van der Waals surface area contributed by atoms with Crippen molar-refractivity contribution in [1.82, 2.24) is 4.98 Å². The lowest BCUT2D eigenvalue weighted by Gasteiger charge is -1.91. The minimum Gasteiger partial charge on any atom is -0.494 e. The summed E-state index contributed by atoms with van der Waals surface area (Å²) in [6.45, 7) is 0. The van der Waals surface area contributed by atoms with Gasteiger partial charge >= 0.3 is 0 Å². The van der Waals surface area contributed by atoms with Crippen LogP contribution in [0.3, 0.4) is 0 Å². The summed E-state index contributed by atoms with van der Waals surface area (Å²) in [5, 5.41) is 8.81. The molecule has 1 heterocycles. The first kappa shape index (κ1) is 5.16. The second kappa shape index (κ2) is 1.86. The summed E-state index contributed by atoms with van der Waals surface area (Å²) in [6, 6.07) is 3.59. The summed E-state index contributed by atoms with van der Waals surface area (Å²) in [4.78, 5) is 3.63. The van der Waals surface area contributed by atoms with Crippen molar-refractivity contribution in [2.45, 2.75) is 0 Å². The Labute approximate surface area is 48.6 Å². The van der Waals surface area contributed by atoms with Gasteiger partial charge in [-0.05, 0) is 11.5 Å². The Balaban J connectivity index is 3.13. The van der Waals surface area contributed by atoms with E-state index in [0.717, 1.165) is 5.46 Å². The van der Waals surface area contributed by atoms with Crippen molar-refractivity contribution in [3.63, 3.8) is 0 Å². The first-order valence-corrected chi connectivity index (χ1v) is 2.41. The molecule has 0 unspecified atom stereocenters. The van der Waals surface area contributed by atoms with E-state index >= 15 is 0 Å². The average Bonchev–Trinajstić information content (AvgIpc) is 1.77. The maximum absolute atomic E-state index is 8.81. The van der Waals surface area contributed by atoms with Crippen LogP contribution in [0.15, 0.2) is 18.3 Å². The standard InChI is InChI=1S/C5H6BNO/c6-4-2-1-3-7-5(4)8/h1-3H,6H2,(H,7,8). The van der Waals surface area contributed by atoms with Gasteiger partial charge in [-0.1, -0.05) is 6.07 Å². The van der Waals surface area contributed by atoms with Crippen molar-refractivity contribution in [1.29, 1.82) is 0 Å². The molecule has 8 heavy (non-hydrogen) atoms. The molecule has 0 radical (unpaired) electrons. The molecule has 1 aromatic rings. The molecule has 0 saturated carbocycles. The van der Waals surface area contributed by atoms with Gasteiger partial charge in [0.2, 0.25) is 5.88 Å². The molecule has 0 bridgehead atoms. The number of aromatic hydroxyl groups is 1. The minimum absolute atomic E-state index is 0.118. The fourth-order valence-electron chi connectivity index (χ4n) is 0.477. The van der Waals surface area contributed by atoms with Crippen LogP contribution < -0.4 is 5.46 Å². The topological polar surface area (TPSA) is 33.1 Å². The van der Waals surface area contributed by atoms with Crippen LogP contribution in [0.25, 0.3) is 0 Å². The van der Waals surface area contributed by atoms with Gasteiger partial charge in [0, 0.05) is 6.20 Å². The van der Waals surface area contributed by atoms with Crippen molar-refractivity contribution in [2.24, 2.45) is 0 Å². The van der Waals surface area contributed by atoms with Crippen LogP contribution in [0, 0.1) is 0 Å². The zero-order valence-electron chi connectivity index (χ0n) is 4.63. The molecule has 0 atom stereocenters. The zero-order valence-corrected chi connectivity index (χ0v) is 4.63. The van der Waals surface area contributed by atoms with E-state index in [4.69, 9.17) is 5.11 Å². The van der Waals surface area contributed by atoms with Gasteiger partial charge < -0.3 is 5.11 Å². The number of hydrogen-bond donors (Lipinski definition) is 1. The van der Waals surface area contributed by atoms with Crippen molar-refractivity contribution < 1.29 is 5.11 Å². The van der Waals surface area contributed by atoms with Gasteiger partial charge in [-0.15, -0.1) is 0 Å². The Morgan fingerprint density at radius 3 is 2.75 bits per heavy atom. The highest BCUT2D eigenvalue weighted by Gasteiger charge is 1.88. The molecule has 40 valence electrons. The van der Waals surface area contributed by atoms with Crippen molar-refractivity contribution in [2.75, 3.05) is 0 Å². The monoisotopic (exact) mass is 107 g/mol. The highest BCUT2D eigenvalue weighted by Crippen LogP contribution is 1.92. The lowest BCUT2D eigenvalue weighted by Crippen LogP contribution is -2.02. The molecule has 0 amide bonds. The van der Waals surface area contributed by atoms with E-state index in [1.54, 1.807) is 12.3 Å². The van der Waals surface area contributed by atoms with Crippen LogP contribution in [0.1, 0.15) is 0 Å². The van der Waals surface area contributed by atoms with Crippen LogP contribution >= 0.6 is 0 Å². The molecule has 1 N–H and O–H groups in total. The first-order valence-electron chi connectivity index (χ1n) is 2.41. The molecule has 0 aliphatic heterocycles. The molecule has 0 fully saturated rings. The van der Waals surface area contributed by atoms with Crippen molar-refractivity contribution >= 4 is 13.3 Å². The number of rotatable bonds is 0. The molecule has 0 spiro atoms. The number of nitrogens with zero attached hydrogens (tertiary/aromatic N) is 1. The highest BCUT2D eigenvalue weighted by molar-refractivity contribution is 6.33. The molecule has 1 rings (SSSR count). The van der Waals surface area contributed by atoms with Gasteiger partial charge in [-0.2, -0.15) is 0 Å². The summed E-state index contributed by atoms with van der Waals surface area (Å²) in [5.74, 6) is 0.118. The lowest BCUT2D eigenvalue weighted by atomic mass is 9.98. The Morgan fingerprint density at radius 1 is 1.62 bits per heavy atom. The van der Waals surface area contributed by atoms with Gasteiger partial charge in [0.05, 0.1) is 0 Å². The van der Waals surface area contributed by atoms with Gasteiger partial charge in [0.15, 0.2) is 0 Å². The SMILES string of the molecule is Bc1cccnc1O. The molecular weight excluding hydrogens is 101 g/mol. The van der Waals surface area contributed by atoms with E-state index in [9.17, 15) is 0 Å². The Kier molecular flexibility index (Phi) is 1.20. The van der Waals surface area contributed by atoms with Crippen LogP contribution in [0.2, 0.25) is 0 Å². The normalized spacial score (nSPS) is 9.00. The maximum Gasteiger partial charge on any atom is 0.203 e. The van der Waals surface area contributed by atoms with Crippen LogP contribution in [-0.4, -0.2) is 17.9 Å². The fourth-order valence-corrected chi connectivity index (χ4v) is 0.477. The quantitative estimate of drug-likeness (QED) is 0.433. The zero-order chi connectivity index (χ0) is 5.98. The third kappa shape index (κ3) is 0.806. The van der Waals surface area contributed by atoms with E-state index in [1.807, 2.05) is 13.9 Å². The minimum atomic E-state index is 0.118. The van der Waals surface area contributed by atoms with Gasteiger partial charge in [-0.25, -0.2) is 4.98 Å². The highest BCUT2D eigenvalue weighted by atomic mass is 16.3. The number of aromatic nitrogens is 1. The average molecular weight is 107 g/mol. The lowest BCUT2D eigenvalue weighted by molar-refractivity contribution is 0.458. The summed E-state index contributed by atoms with van der Waals surface area (Å²) in [6.07, 6.45) is 1.56. The second-order valence-corrected chi connectivity index (χ2v) is 1.64. The molecule has 0 aromatic carbocycles. The van der Waals surface area contributed by atoms with Gasteiger partial charge in [0.1, 0.15) is 7.85 Å². The summed E-state index contributed by atoms with van der Waals surface area (Å²) >= 11 is 0. The second-order valence-electron chi connectivity index (χ2n) is 1.64. The molecule has 1 aromatic heterocycles. The largest absolute Gasteiger partial charge is 0.494 e. The fraction of sp³-hybridized carbons (Fsp3) is 0. The van der Waals surface area contributed by atoms with E-state index < -0.39 is 0 Å². The van der Waals surface area contributed by atoms with E-state index in [-0.39, 0.29) is 5.88 Å². The third-order valence-electron chi connectivity index (χ3n) is 0.982. The van der Waals surface area contributed by atoms with Gasteiger partial charge in [-0.3, -0.25) is 0 Å². The van der Waals surface area contributed by atoms with E-state index in [1.165, 1.54) is 0 Å². The molecule has 0 aliphatic carbocycles. The molecule has 3 heteroatoms. The van der Waals surface area contributed by atoms with Crippen molar-refractivity contribution in [3.8, 4) is 5.88 Å². The Morgan fingerprint density at radius 2 is 2.38 bits per heavy atom. The summed E-state index contributed by atoms with van der Waals surface area (Å²) < 4.78 is 0. The molecule has 0 saturated heterocycles. The van der Waals surface area contributed by atoms with E-state index in [2.05, 4.69) is 4.98 Å². The summed E-state index contributed by atoms with van der Waals surface area (Å²) in [7, 11) is 1.81.